The van der Waals surface area contributed by atoms with Gasteiger partial charge in [0.2, 0.25) is 0 Å². The monoisotopic (exact) mass is 300 g/mol. The Kier molecular flexibility index (Phi) is 4.86. The van der Waals surface area contributed by atoms with E-state index in [1.54, 1.807) is 11.1 Å². The molecule has 0 saturated heterocycles. The molecular weight excluding hydrogens is 275 g/mol. The van der Waals surface area contributed by atoms with Crippen LogP contribution in [0.3, 0.4) is 0 Å². The first-order chi connectivity index (χ1) is 11.2. The number of allylic oxidation sites excluding steroid dienone is 2. The van der Waals surface area contributed by atoms with Crippen molar-refractivity contribution in [1.29, 1.82) is 0 Å². The van der Waals surface area contributed by atoms with Crippen LogP contribution in [0.1, 0.15) is 33.4 Å². The Balaban J connectivity index is 1.70. The van der Waals surface area contributed by atoms with Gasteiger partial charge in [0, 0.05) is 0 Å². The maximum atomic E-state index is 3.84. The van der Waals surface area contributed by atoms with Crippen LogP contribution in [0.4, 0.5) is 0 Å². The Morgan fingerprint density at radius 2 is 1.57 bits per heavy atom. The average molecular weight is 300 g/mol. The molecule has 1 aliphatic rings. The first-order valence-corrected chi connectivity index (χ1v) is 8.60. The van der Waals surface area contributed by atoms with Crippen LogP contribution in [0.25, 0.3) is 0 Å². The Morgan fingerprint density at radius 3 is 2.26 bits per heavy atom. The summed E-state index contributed by atoms with van der Waals surface area (Å²) < 4.78 is 0. The fourth-order valence-corrected chi connectivity index (χ4v) is 3.79. The minimum atomic E-state index is 0.743. The lowest BCUT2D eigenvalue weighted by atomic mass is 9.44. The molecular formula is C22H25B. The predicted octanol–water partition coefficient (Wildman–Crippen LogP) is 4.91. The quantitative estimate of drug-likeness (QED) is 0.525. The lowest BCUT2D eigenvalue weighted by Gasteiger charge is -2.10. The van der Waals surface area contributed by atoms with Gasteiger partial charge in [0.25, 0.3) is 0 Å². The van der Waals surface area contributed by atoms with Gasteiger partial charge in [0.05, 0.1) is 0 Å². The molecule has 0 amide bonds. The predicted molar refractivity (Wildman–Crippen MR) is 102 cm³/mol. The molecule has 0 N–H and O–H groups in total. The van der Waals surface area contributed by atoms with Gasteiger partial charge in [-0.15, -0.1) is 13.2 Å². The number of rotatable bonds is 6. The summed E-state index contributed by atoms with van der Waals surface area (Å²) in [6, 6.07) is 13.9. The van der Waals surface area contributed by atoms with E-state index in [4.69, 9.17) is 0 Å². The molecule has 116 valence electrons. The highest BCUT2D eigenvalue weighted by molar-refractivity contribution is 6.58. The van der Waals surface area contributed by atoms with E-state index in [9.17, 15) is 0 Å². The van der Waals surface area contributed by atoms with Gasteiger partial charge in [-0.1, -0.05) is 65.2 Å². The van der Waals surface area contributed by atoms with Crippen molar-refractivity contribution in [3.05, 3.63) is 95.1 Å². The maximum Gasteiger partial charge on any atom is 0.153 e. The Hall–Kier alpha value is -2.02. The molecule has 0 aliphatic carbocycles. The van der Waals surface area contributed by atoms with Crippen LogP contribution in [0, 0.1) is 6.92 Å². The van der Waals surface area contributed by atoms with Crippen LogP contribution in [0.5, 0.6) is 0 Å². The molecule has 1 heterocycles. The minimum Gasteiger partial charge on any atom is -0.103 e. The molecule has 0 radical (unpaired) electrons. The highest BCUT2D eigenvalue weighted by atomic mass is 14.1. The zero-order valence-corrected chi connectivity index (χ0v) is 14.1. The van der Waals surface area contributed by atoms with Crippen molar-refractivity contribution in [3.63, 3.8) is 0 Å². The number of benzene rings is 2. The summed E-state index contributed by atoms with van der Waals surface area (Å²) in [4.78, 5) is 0. The molecule has 3 rings (SSSR count). The molecule has 1 heteroatoms. The number of hydrogen-bond donors (Lipinski definition) is 0. The highest BCUT2D eigenvalue weighted by Crippen LogP contribution is 2.26. The van der Waals surface area contributed by atoms with Gasteiger partial charge < -0.3 is 0 Å². The Morgan fingerprint density at radius 1 is 0.913 bits per heavy atom. The van der Waals surface area contributed by atoms with E-state index in [1.165, 1.54) is 41.2 Å². The molecule has 0 unspecified atom stereocenters. The van der Waals surface area contributed by atoms with Crippen LogP contribution in [-0.2, 0) is 31.8 Å². The molecule has 0 nitrogen and oxygen atoms in total. The standard InChI is InChI=1S/C22H25B/c1-4-6-18-8-10-20(17(3)12-18)14-23-15-21-11-9-19(7-5-2)13-22(21)16-23/h4-5,8-13H,1-2,6-7,14-16H2,3H3. The first-order valence-electron chi connectivity index (χ1n) is 8.60. The molecule has 2 aromatic carbocycles. The SMILES string of the molecule is C=CCc1ccc(CB2Cc3ccc(CC=C)cc3C2)c(C)c1. The van der Waals surface area contributed by atoms with Crippen LogP contribution in [-0.4, -0.2) is 6.71 Å². The lowest BCUT2D eigenvalue weighted by Crippen LogP contribution is -2.18. The van der Waals surface area contributed by atoms with E-state index in [0.717, 1.165) is 19.6 Å². The molecule has 0 saturated carbocycles. The van der Waals surface area contributed by atoms with E-state index in [1.807, 2.05) is 12.2 Å². The van der Waals surface area contributed by atoms with Crippen LogP contribution < -0.4 is 0 Å². The van der Waals surface area contributed by atoms with E-state index < -0.39 is 0 Å². The van der Waals surface area contributed by atoms with Crippen molar-refractivity contribution in [2.75, 3.05) is 0 Å². The van der Waals surface area contributed by atoms with Crippen LogP contribution in [0.15, 0.2) is 61.7 Å². The van der Waals surface area contributed by atoms with Gasteiger partial charge in [-0.2, -0.15) is 0 Å². The third-order valence-corrected chi connectivity index (χ3v) is 4.96. The summed E-state index contributed by atoms with van der Waals surface area (Å²) >= 11 is 0. The van der Waals surface area contributed by atoms with Gasteiger partial charge in [0.15, 0.2) is 6.71 Å². The smallest absolute Gasteiger partial charge is 0.103 e. The summed E-state index contributed by atoms with van der Waals surface area (Å²) in [5.74, 6) is 0. The second kappa shape index (κ2) is 7.04. The highest BCUT2D eigenvalue weighted by Gasteiger charge is 2.25. The topological polar surface area (TPSA) is 0 Å². The summed E-state index contributed by atoms with van der Waals surface area (Å²) in [7, 11) is 0. The summed E-state index contributed by atoms with van der Waals surface area (Å²) in [5.41, 5.74) is 8.78. The van der Waals surface area contributed by atoms with Crippen molar-refractivity contribution in [3.8, 4) is 0 Å². The first kappa shape index (κ1) is 15.9. The van der Waals surface area contributed by atoms with Gasteiger partial charge in [-0.3, -0.25) is 0 Å². The Bertz CT molecular complexity index is 727. The van der Waals surface area contributed by atoms with Gasteiger partial charge >= 0.3 is 0 Å². The van der Waals surface area contributed by atoms with Crippen molar-refractivity contribution in [1.82, 2.24) is 0 Å². The number of fused-ring (bicyclic) bond motifs is 1. The van der Waals surface area contributed by atoms with Crippen molar-refractivity contribution < 1.29 is 0 Å². The Labute approximate surface area is 141 Å². The van der Waals surface area contributed by atoms with E-state index >= 15 is 0 Å². The molecule has 0 atom stereocenters. The van der Waals surface area contributed by atoms with Crippen molar-refractivity contribution in [2.45, 2.75) is 38.7 Å². The molecule has 23 heavy (non-hydrogen) atoms. The molecule has 0 aromatic heterocycles. The third-order valence-electron chi connectivity index (χ3n) is 4.96. The fraction of sp³-hybridized carbons (Fsp3) is 0.273. The number of aryl methyl sites for hydroxylation is 1. The largest absolute Gasteiger partial charge is 0.153 e. The van der Waals surface area contributed by atoms with Gasteiger partial charge in [0.1, 0.15) is 0 Å². The van der Waals surface area contributed by atoms with E-state index in [2.05, 4.69) is 56.5 Å². The summed E-state index contributed by atoms with van der Waals surface area (Å²) in [6.07, 6.45) is 9.52. The molecule has 0 bridgehead atoms. The molecule has 2 aromatic rings. The van der Waals surface area contributed by atoms with Crippen molar-refractivity contribution in [2.24, 2.45) is 0 Å². The van der Waals surface area contributed by atoms with E-state index in [0.29, 0.717) is 0 Å². The molecule has 0 spiro atoms. The molecule has 0 fully saturated rings. The van der Waals surface area contributed by atoms with E-state index in [-0.39, 0.29) is 0 Å². The van der Waals surface area contributed by atoms with Crippen molar-refractivity contribution >= 4 is 6.71 Å². The fourth-order valence-electron chi connectivity index (χ4n) is 3.79. The zero-order valence-electron chi connectivity index (χ0n) is 14.1. The van der Waals surface area contributed by atoms with Crippen LogP contribution in [0.2, 0.25) is 0 Å². The minimum absolute atomic E-state index is 0.743. The second-order valence-corrected chi connectivity index (χ2v) is 6.83. The maximum absolute atomic E-state index is 3.84. The van der Waals surface area contributed by atoms with Crippen LogP contribution >= 0.6 is 0 Å². The third kappa shape index (κ3) is 3.67. The summed E-state index contributed by atoms with van der Waals surface area (Å²) in [6.45, 7) is 10.7. The van der Waals surface area contributed by atoms with Gasteiger partial charge in [-0.25, -0.2) is 0 Å². The summed E-state index contributed by atoms with van der Waals surface area (Å²) in [5, 5.41) is 0. The second-order valence-electron chi connectivity index (χ2n) is 6.83. The lowest BCUT2D eigenvalue weighted by molar-refractivity contribution is 1.19. The number of hydrogen-bond acceptors (Lipinski definition) is 0. The zero-order chi connectivity index (χ0) is 16.2. The van der Waals surface area contributed by atoms with Gasteiger partial charge in [-0.05, 0) is 55.4 Å². The molecule has 1 aliphatic heterocycles. The normalized spacial score (nSPS) is 13.0. The average Bonchev–Trinajstić information content (AvgIpc) is 2.92.